The second-order valence-electron chi connectivity index (χ2n) is 6.65. The van der Waals surface area contributed by atoms with Crippen LogP contribution in [0.4, 0.5) is 11.5 Å². The molecule has 0 saturated carbocycles. The SMILES string of the molecule is Cc1cccc(C)c1Nc1cc(C(=O)N(C)CCc2ccncc2)ccn1. The van der Waals surface area contributed by atoms with Crippen LogP contribution in [0.1, 0.15) is 27.0 Å². The number of para-hydroxylation sites is 1. The molecule has 2 aromatic heterocycles. The highest BCUT2D eigenvalue weighted by Crippen LogP contribution is 2.23. The van der Waals surface area contributed by atoms with Crippen LogP contribution in [-0.2, 0) is 6.42 Å². The van der Waals surface area contributed by atoms with E-state index in [2.05, 4.69) is 41.3 Å². The van der Waals surface area contributed by atoms with E-state index in [0.29, 0.717) is 17.9 Å². The van der Waals surface area contributed by atoms with E-state index < -0.39 is 0 Å². The average Bonchev–Trinajstić information content (AvgIpc) is 2.69. The molecular weight excluding hydrogens is 336 g/mol. The van der Waals surface area contributed by atoms with Crippen molar-refractivity contribution >= 4 is 17.4 Å². The summed E-state index contributed by atoms with van der Waals surface area (Å²) >= 11 is 0. The van der Waals surface area contributed by atoms with Crippen molar-refractivity contribution in [2.45, 2.75) is 20.3 Å². The lowest BCUT2D eigenvalue weighted by Gasteiger charge is -2.18. The molecule has 5 nitrogen and oxygen atoms in total. The van der Waals surface area contributed by atoms with Gasteiger partial charge in [-0.1, -0.05) is 18.2 Å². The minimum absolute atomic E-state index is 0.0176. The number of nitrogens with zero attached hydrogens (tertiary/aromatic N) is 3. The molecule has 0 aliphatic carbocycles. The van der Waals surface area contributed by atoms with Gasteiger partial charge in [-0.25, -0.2) is 4.98 Å². The fraction of sp³-hybridized carbons (Fsp3) is 0.227. The van der Waals surface area contributed by atoms with Crippen molar-refractivity contribution < 1.29 is 4.79 Å². The van der Waals surface area contributed by atoms with E-state index in [0.717, 1.165) is 28.8 Å². The molecule has 3 rings (SSSR count). The first kappa shape index (κ1) is 18.6. The summed E-state index contributed by atoms with van der Waals surface area (Å²) in [5.74, 6) is 0.650. The van der Waals surface area contributed by atoms with E-state index >= 15 is 0 Å². The Bertz CT molecular complexity index is 904. The predicted octanol–water partition coefficient (Wildman–Crippen LogP) is 4.15. The Labute approximate surface area is 160 Å². The number of rotatable bonds is 6. The summed E-state index contributed by atoms with van der Waals surface area (Å²) in [5.41, 5.74) is 5.10. The summed E-state index contributed by atoms with van der Waals surface area (Å²) in [6.45, 7) is 4.75. The minimum atomic E-state index is -0.0176. The molecule has 0 unspecified atom stereocenters. The van der Waals surface area contributed by atoms with E-state index in [9.17, 15) is 4.79 Å². The van der Waals surface area contributed by atoms with Crippen molar-refractivity contribution in [1.82, 2.24) is 14.9 Å². The van der Waals surface area contributed by atoms with Crippen LogP contribution in [0.2, 0.25) is 0 Å². The summed E-state index contributed by atoms with van der Waals surface area (Å²) in [5, 5.41) is 3.34. The molecule has 3 aromatic rings. The third-order valence-corrected chi connectivity index (χ3v) is 4.57. The molecule has 138 valence electrons. The zero-order valence-electron chi connectivity index (χ0n) is 15.9. The highest BCUT2D eigenvalue weighted by atomic mass is 16.2. The molecular formula is C22H24N4O. The smallest absolute Gasteiger partial charge is 0.253 e. The number of amides is 1. The summed E-state index contributed by atoms with van der Waals surface area (Å²) < 4.78 is 0. The lowest BCUT2D eigenvalue weighted by Crippen LogP contribution is -2.28. The number of hydrogen-bond acceptors (Lipinski definition) is 4. The maximum Gasteiger partial charge on any atom is 0.253 e. The zero-order valence-corrected chi connectivity index (χ0v) is 15.9. The van der Waals surface area contributed by atoms with Gasteiger partial charge < -0.3 is 10.2 Å². The average molecular weight is 360 g/mol. The fourth-order valence-electron chi connectivity index (χ4n) is 2.94. The molecule has 0 aliphatic rings. The lowest BCUT2D eigenvalue weighted by molar-refractivity contribution is 0.0796. The minimum Gasteiger partial charge on any atom is -0.341 e. The van der Waals surface area contributed by atoms with Crippen molar-refractivity contribution in [2.24, 2.45) is 0 Å². The van der Waals surface area contributed by atoms with Gasteiger partial charge >= 0.3 is 0 Å². The van der Waals surface area contributed by atoms with Crippen LogP contribution in [0.5, 0.6) is 0 Å². The number of benzene rings is 1. The van der Waals surface area contributed by atoms with Gasteiger partial charge in [0.2, 0.25) is 0 Å². The number of carbonyl (C=O) groups excluding carboxylic acids is 1. The molecule has 0 radical (unpaired) electrons. The summed E-state index contributed by atoms with van der Waals surface area (Å²) in [6.07, 6.45) is 6.00. The Morgan fingerprint density at radius 1 is 1.04 bits per heavy atom. The van der Waals surface area contributed by atoms with Gasteiger partial charge in [0.1, 0.15) is 5.82 Å². The number of pyridine rings is 2. The van der Waals surface area contributed by atoms with Crippen LogP contribution < -0.4 is 5.32 Å². The molecule has 1 aromatic carbocycles. The maximum absolute atomic E-state index is 12.8. The molecule has 0 bridgehead atoms. The Hall–Kier alpha value is -3.21. The largest absolute Gasteiger partial charge is 0.341 e. The van der Waals surface area contributed by atoms with Gasteiger partial charge in [-0.2, -0.15) is 0 Å². The third kappa shape index (κ3) is 4.70. The molecule has 0 atom stereocenters. The number of aryl methyl sites for hydroxylation is 2. The van der Waals surface area contributed by atoms with Crippen LogP contribution in [0.3, 0.4) is 0 Å². The van der Waals surface area contributed by atoms with E-state index in [1.807, 2.05) is 25.2 Å². The number of likely N-dealkylation sites (N-methyl/N-ethyl adjacent to an activating group) is 1. The van der Waals surface area contributed by atoms with Crippen LogP contribution in [0.15, 0.2) is 61.1 Å². The van der Waals surface area contributed by atoms with Gasteiger partial charge in [-0.3, -0.25) is 9.78 Å². The number of nitrogens with one attached hydrogen (secondary N) is 1. The van der Waals surface area contributed by atoms with Gasteiger partial charge in [0.25, 0.3) is 5.91 Å². The van der Waals surface area contributed by atoms with Crippen LogP contribution in [0.25, 0.3) is 0 Å². The second-order valence-corrected chi connectivity index (χ2v) is 6.65. The molecule has 0 saturated heterocycles. The van der Waals surface area contributed by atoms with Crippen LogP contribution in [-0.4, -0.2) is 34.4 Å². The maximum atomic E-state index is 12.8. The molecule has 2 heterocycles. The molecule has 1 N–H and O–H groups in total. The van der Waals surface area contributed by atoms with Crippen molar-refractivity contribution in [2.75, 3.05) is 18.9 Å². The fourth-order valence-corrected chi connectivity index (χ4v) is 2.94. The van der Waals surface area contributed by atoms with Gasteiger partial charge in [0.15, 0.2) is 0 Å². The van der Waals surface area contributed by atoms with E-state index in [4.69, 9.17) is 0 Å². The normalized spacial score (nSPS) is 10.5. The standard InChI is InChI=1S/C22H24N4O/c1-16-5-4-6-17(2)21(16)25-20-15-19(9-13-24-20)22(27)26(3)14-10-18-7-11-23-12-8-18/h4-9,11-13,15H,10,14H2,1-3H3,(H,24,25). The van der Waals surface area contributed by atoms with Crippen molar-refractivity contribution in [3.05, 3.63) is 83.3 Å². The Morgan fingerprint density at radius 2 is 1.74 bits per heavy atom. The monoisotopic (exact) mass is 360 g/mol. The summed E-state index contributed by atoms with van der Waals surface area (Å²) in [7, 11) is 1.82. The van der Waals surface area contributed by atoms with Crippen LogP contribution in [0, 0.1) is 13.8 Å². The molecule has 5 heteroatoms. The summed E-state index contributed by atoms with van der Waals surface area (Å²) in [4.78, 5) is 22.9. The van der Waals surface area contributed by atoms with E-state index in [1.54, 1.807) is 35.6 Å². The quantitative estimate of drug-likeness (QED) is 0.717. The predicted molar refractivity (Wildman–Crippen MR) is 108 cm³/mol. The first-order valence-corrected chi connectivity index (χ1v) is 8.98. The van der Waals surface area contributed by atoms with Crippen molar-refractivity contribution in [3.63, 3.8) is 0 Å². The van der Waals surface area contributed by atoms with Crippen molar-refractivity contribution in [3.8, 4) is 0 Å². The lowest BCUT2D eigenvalue weighted by atomic mass is 10.1. The number of anilines is 2. The van der Waals surface area contributed by atoms with E-state index in [1.165, 1.54) is 0 Å². The molecule has 1 amide bonds. The van der Waals surface area contributed by atoms with Gasteiger partial charge in [-0.05, 0) is 61.2 Å². The first-order valence-electron chi connectivity index (χ1n) is 8.98. The third-order valence-electron chi connectivity index (χ3n) is 4.57. The Balaban J connectivity index is 1.69. The highest BCUT2D eigenvalue weighted by Gasteiger charge is 2.13. The number of hydrogen-bond donors (Lipinski definition) is 1. The van der Waals surface area contributed by atoms with Crippen molar-refractivity contribution in [1.29, 1.82) is 0 Å². The first-order chi connectivity index (χ1) is 13.0. The molecule has 0 spiro atoms. The Kier molecular flexibility index (Phi) is 5.81. The zero-order chi connectivity index (χ0) is 19.2. The summed E-state index contributed by atoms with van der Waals surface area (Å²) in [6, 6.07) is 13.6. The number of carbonyl (C=O) groups is 1. The second kappa shape index (κ2) is 8.45. The highest BCUT2D eigenvalue weighted by molar-refractivity contribution is 5.94. The topological polar surface area (TPSA) is 58.1 Å². The van der Waals surface area contributed by atoms with Gasteiger partial charge in [0, 0.05) is 43.4 Å². The molecule has 27 heavy (non-hydrogen) atoms. The van der Waals surface area contributed by atoms with Gasteiger partial charge in [0.05, 0.1) is 0 Å². The molecule has 0 aliphatic heterocycles. The number of aromatic nitrogens is 2. The molecule has 0 fully saturated rings. The Morgan fingerprint density at radius 3 is 2.44 bits per heavy atom. The van der Waals surface area contributed by atoms with Gasteiger partial charge in [-0.15, -0.1) is 0 Å². The van der Waals surface area contributed by atoms with E-state index in [-0.39, 0.29) is 5.91 Å². The van der Waals surface area contributed by atoms with Crippen LogP contribution >= 0.6 is 0 Å².